The summed E-state index contributed by atoms with van der Waals surface area (Å²) >= 11 is 0. The first-order valence-electron chi connectivity index (χ1n) is 8.72. The summed E-state index contributed by atoms with van der Waals surface area (Å²) in [6, 6.07) is 13.6. The van der Waals surface area contributed by atoms with E-state index < -0.39 is 0 Å². The zero-order chi connectivity index (χ0) is 17.8. The molecule has 1 fully saturated rings. The van der Waals surface area contributed by atoms with Crippen LogP contribution in [0.25, 0.3) is 10.8 Å². The van der Waals surface area contributed by atoms with E-state index in [1.165, 1.54) is 0 Å². The fraction of sp³-hybridized carbons (Fsp3) is 0.400. The highest BCUT2D eigenvalue weighted by Gasteiger charge is 2.27. The molecule has 2 unspecified atom stereocenters. The van der Waals surface area contributed by atoms with E-state index in [4.69, 9.17) is 4.74 Å². The molecule has 0 aromatic heterocycles. The van der Waals surface area contributed by atoms with Gasteiger partial charge >= 0.3 is 0 Å². The minimum Gasteiger partial charge on any atom is -0.375 e. The third-order valence-corrected chi connectivity index (χ3v) is 4.56. The van der Waals surface area contributed by atoms with Crippen LogP contribution in [-0.4, -0.2) is 48.6 Å². The molecule has 2 aromatic carbocycles. The number of amides is 2. The highest BCUT2D eigenvalue weighted by atomic mass is 16.5. The Morgan fingerprint density at radius 1 is 1.16 bits per heavy atom. The second-order valence-electron chi connectivity index (χ2n) is 6.61. The van der Waals surface area contributed by atoms with Gasteiger partial charge in [-0.3, -0.25) is 9.59 Å². The van der Waals surface area contributed by atoms with Gasteiger partial charge in [0.25, 0.3) is 5.91 Å². The molecule has 132 valence electrons. The fourth-order valence-corrected chi connectivity index (χ4v) is 3.11. The molecule has 0 saturated carbocycles. The number of morpholine rings is 1. The van der Waals surface area contributed by atoms with Crippen LogP contribution in [0.15, 0.2) is 42.5 Å². The molecule has 0 spiro atoms. The van der Waals surface area contributed by atoms with Crippen LogP contribution in [0.4, 0.5) is 0 Å². The van der Waals surface area contributed by atoms with Crippen LogP contribution in [0, 0.1) is 0 Å². The normalized spacial score (nSPS) is 20.5. The van der Waals surface area contributed by atoms with E-state index in [1.807, 2.05) is 61.2 Å². The van der Waals surface area contributed by atoms with Gasteiger partial charge in [-0.05, 0) is 36.8 Å². The van der Waals surface area contributed by atoms with Crippen molar-refractivity contribution in [1.29, 1.82) is 0 Å². The van der Waals surface area contributed by atoms with Crippen molar-refractivity contribution in [3.63, 3.8) is 0 Å². The Labute approximate surface area is 148 Å². The first-order chi connectivity index (χ1) is 12.0. The van der Waals surface area contributed by atoms with Gasteiger partial charge in [0, 0.05) is 25.1 Å². The maximum atomic E-state index is 12.4. The van der Waals surface area contributed by atoms with Crippen molar-refractivity contribution in [2.45, 2.75) is 32.4 Å². The van der Waals surface area contributed by atoms with Crippen molar-refractivity contribution in [2.75, 3.05) is 19.7 Å². The Bertz CT molecular complexity index is 774. The molecule has 1 saturated heterocycles. The molecule has 3 rings (SSSR count). The number of hydrogen-bond donors (Lipinski definition) is 1. The summed E-state index contributed by atoms with van der Waals surface area (Å²) in [4.78, 5) is 26.5. The highest BCUT2D eigenvalue weighted by Crippen LogP contribution is 2.16. The quantitative estimate of drug-likeness (QED) is 0.931. The Morgan fingerprint density at radius 3 is 2.72 bits per heavy atom. The first-order valence-corrected chi connectivity index (χ1v) is 8.72. The molecule has 2 amide bonds. The van der Waals surface area contributed by atoms with Crippen molar-refractivity contribution in [3.8, 4) is 0 Å². The number of carbonyl (C=O) groups excluding carboxylic acids is 2. The van der Waals surface area contributed by atoms with Crippen molar-refractivity contribution >= 4 is 22.6 Å². The van der Waals surface area contributed by atoms with Gasteiger partial charge < -0.3 is 15.0 Å². The lowest BCUT2D eigenvalue weighted by atomic mass is 10.1. The highest BCUT2D eigenvalue weighted by molar-refractivity contribution is 5.98. The third kappa shape index (κ3) is 4.17. The van der Waals surface area contributed by atoms with Crippen LogP contribution in [0.1, 0.15) is 30.6 Å². The SMILES string of the molecule is CC1CN(C(=O)CCNC(=O)c2ccc3ccccc3c2)C(C)CO1. The van der Waals surface area contributed by atoms with Crippen molar-refractivity contribution in [2.24, 2.45) is 0 Å². The van der Waals surface area contributed by atoms with E-state index in [2.05, 4.69) is 5.32 Å². The molecular formula is C20H24N2O3. The topological polar surface area (TPSA) is 58.6 Å². The molecule has 1 aliphatic rings. The van der Waals surface area contributed by atoms with Crippen LogP contribution in [0.3, 0.4) is 0 Å². The summed E-state index contributed by atoms with van der Waals surface area (Å²) in [5, 5.41) is 4.97. The summed E-state index contributed by atoms with van der Waals surface area (Å²) in [5.74, 6) is -0.0941. The molecule has 1 heterocycles. The summed E-state index contributed by atoms with van der Waals surface area (Å²) < 4.78 is 5.54. The molecule has 5 heteroatoms. The van der Waals surface area contributed by atoms with Gasteiger partial charge in [0.05, 0.1) is 18.8 Å². The number of nitrogens with zero attached hydrogens (tertiary/aromatic N) is 1. The summed E-state index contributed by atoms with van der Waals surface area (Å²) in [6.07, 6.45) is 0.364. The average Bonchev–Trinajstić information content (AvgIpc) is 2.63. The molecule has 1 aliphatic heterocycles. The summed E-state index contributed by atoms with van der Waals surface area (Å²) in [6.45, 7) is 5.46. The van der Waals surface area contributed by atoms with Gasteiger partial charge in [-0.1, -0.05) is 30.3 Å². The number of ether oxygens (including phenoxy) is 1. The number of hydrogen-bond acceptors (Lipinski definition) is 3. The zero-order valence-electron chi connectivity index (χ0n) is 14.7. The average molecular weight is 340 g/mol. The summed E-state index contributed by atoms with van der Waals surface area (Å²) in [5.41, 5.74) is 0.611. The van der Waals surface area contributed by atoms with Crippen molar-refractivity contribution in [3.05, 3.63) is 48.0 Å². The van der Waals surface area contributed by atoms with Gasteiger partial charge in [0.1, 0.15) is 0 Å². The third-order valence-electron chi connectivity index (χ3n) is 4.56. The van der Waals surface area contributed by atoms with Crippen LogP contribution >= 0.6 is 0 Å². The molecule has 0 radical (unpaired) electrons. The van der Waals surface area contributed by atoms with Gasteiger partial charge in [-0.25, -0.2) is 0 Å². The van der Waals surface area contributed by atoms with Crippen molar-refractivity contribution in [1.82, 2.24) is 10.2 Å². The number of fused-ring (bicyclic) bond motifs is 1. The molecule has 2 atom stereocenters. The minimum absolute atomic E-state index is 0.0569. The van der Waals surface area contributed by atoms with Gasteiger partial charge in [-0.15, -0.1) is 0 Å². The lowest BCUT2D eigenvalue weighted by Gasteiger charge is -2.36. The van der Waals surface area contributed by atoms with Crippen LogP contribution < -0.4 is 5.32 Å². The number of nitrogens with one attached hydrogen (secondary N) is 1. The van der Waals surface area contributed by atoms with Gasteiger partial charge in [0.2, 0.25) is 5.91 Å². The van der Waals surface area contributed by atoms with Gasteiger partial charge in [0.15, 0.2) is 0 Å². The maximum absolute atomic E-state index is 12.4. The van der Waals surface area contributed by atoms with Crippen molar-refractivity contribution < 1.29 is 14.3 Å². The van der Waals surface area contributed by atoms with Gasteiger partial charge in [-0.2, -0.15) is 0 Å². The number of carbonyl (C=O) groups is 2. The van der Waals surface area contributed by atoms with E-state index in [0.717, 1.165) is 10.8 Å². The number of rotatable bonds is 4. The molecule has 5 nitrogen and oxygen atoms in total. The van der Waals surface area contributed by atoms with E-state index >= 15 is 0 Å². The standard InChI is InChI=1S/C20H24N2O3/c1-14-13-25-15(2)12-22(14)19(23)9-10-21-20(24)18-8-7-16-5-3-4-6-17(16)11-18/h3-8,11,14-15H,9-10,12-13H2,1-2H3,(H,21,24). The van der Waals surface area contributed by atoms with E-state index in [0.29, 0.717) is 31.7 Å². The Balaban J connectivity index is 1.54. The minimum atomic E-state index is -0.151. The zero-order valence-corrected chi connectivity index (χ0v) is 14.7. The molecular weight excluding hydrogens is 316 g/mol. The Hall–Kier alpha value is -2.40. The van der Waals surface area contributed by atoms with E-state index in [9.17, 15) is 9.59 Å². The maximum Gasteiger partial charge on any atom is 0.251 e. The second kappa shape index (κ2) is 7.66. The second-order valence-corrected chi connectivity index (χ2v) is 6.61. The van der Waals surface area contributed by atoms with E-state index in [-0.39, 0.29) is 24.0 Å². The Kier molecular flexibility index (Phi) is 5.34. The molecule has 1 N–H and O–H groups in total. The predicted octanol–water partition coefficient (Wildman–Crippen LogP) is 2.60. The largest absolute Gasteiger partial charge is 0.375 e. The lowest BCUT2D eigenvalue weighted by molar-refractivity contribution is -0.143. The number of benzene rings is 2. The lowest BCUT2D eigenvalue weighted by Crippen LogP contribution is -2.50. The van der Waals surface area contributed by atoms with E-state index in [1.54, 1.807) is 0 Å². The monoisotopic (exact) mass is 340 g/mol. The Morgan fingerprint density at radius 2 is 1.92 bits per heavy atom. The molecule has 0 bridgehead atoms. The molecule has 2 aromatic rings. The molecule has 25 heavy (non-hydrogen) atoms. The van der Waals surface area contributed by atoms with Crippen LogP contribution in [0.5, 0.6) is 0 Å². The predicted molar refractivity (Wildman–Crippen MR) is 97.5 cm³/mol. The molecule has 0 aliphatic carbocycles. The smallest absolute Gasteiger partial charge is 0.251 e. The van der Waals surface area contributed by atoms with Crippen LogP contribution in [-0.2, 0) is 9.53 Å². The first kappa shape index (κ1) is 17.4. The fourth-order valence-electron chi connectivity index (χ4n) is 3.11. The van der Waals surface area contributed by atoms with Crippen LogP contribution in [0.2, 0.25) is 0 Å². The summed E-state index contributed by atoms with van der Waals surface area (Å²) in [7, 11) is 0.